The number of Topliss-reactive ketones (excluding diaryl/α,β-unsaturated/α-hetero) is 1. The fraction of sp³-hybridized carbons (Fsp3) is 0.465. The molecule has 0 spiro atoms. The smallest absolute Gasteiger partial charge is 0.191 e. The first-order valence-electron chi connectivity index (χ1n) is 17.9. The van der Waals surface area contributed by atoms with Gasteiger partial charge in [-0.2, -0.15) is 0 Å². The van der Waals surface area contributed by atoms with Gasteiger partial charge >= 0.3 is 0 Å². The minimum atomic E-state index is -2.45. The van der Waals surface area contributed by atoms with Crippen molar-refractivity contribution in [1.29, 1.82) is 0 Å². The number of fused-ring (bicyclic) bond motifs is 2. The van der Waals surface area contributed by atoms with E-state index in [1.165, 1.54) is 15.8 Å². The molecule has 0 aliphatic heterocycles. The average molecular weight is 661 g/mol. The summed E-state index contributed by atoms with van der Waals surface area (Å²) in [4.78, 5) is 15.2. The molecular formula is C43H56O2Si2. The van der Waals surface area contributed by atoms with E-state index in [4.69, 9.17) is 4.43 Å². The molecule has 3 saturated carbocycles. The van der Waals surface area contributed by atoms with Crippen LogP contribution in [0.15, 0.2) is 103 Å². The molecule has 1 atom stereocenters. The van der Waals surface area contributed by atoms with E-state index in [1.807, 2.05) is 0 Å². The molecular weight excluding hydrogens is 605 g/mol. The Morgan fingerprint density at radius 2 is 1.28 bits per heavy atom. The van der Waals surface area contributed by atoms with Gasteiger partial charge in [0.05, 0.1) is 0 Å². The fourth-order valence-corrected chi connectivity index (χ4v) is 16.7. The minimum Gasteiger partial charge on any atom is -0.417 e. The maximum Gasteiger partial charge on any atom is 0.191 e. The first-order chi connectivity index (χ1) is 22.1. The second-order valence-corrected chi connectivity index (χ2v) is 27.1. The molecule has 2 bridgehead atoms. The van der Waals surface area contributed by atoms with Crippen LogP contribution < -0.4 is 10.4 Å². The molecule has 3 aliphatic rings. The van der Waals surface area contributed by atoms with Crippen molar-refractivity contribution in [2.24, 2.45) is 16.7 Å². The van der Waals surface area contributed by atoms with Gasteiger partial charge < -0.3 is 4.43 Å². The molecule has 0 aromatic heterocycles. The molecule has 4 aromatic carbocycles. The molecule has 248 valence electrons. The molecule has 4 heteroatoms. The third kappa shape index (κ3) is 5.83. The molecule has 0 radical (unpaired) electrons. The number of rotatable bonds is 11. The van der Waals surface area contributed by atoms with Crippen LogP contribution in [0.25, 0.3) is 10.8 Å². The summed E-state index contributed by atoms with van der Waals surface area (Å²) in [6.07, 6.45) is 5.25. The number of hydrogen-bond acceptors (Lipinski definition) is 2. The van der Waals surface area contributed by atoms with E-state index in [-0.39, 0.29) is 20.9 Å². The van der Waals surface area contributed by atoms with Crippen LogP contribution in [0.3, 0.4) is 0 Å². The van der Waals surface area contributed by atoms with Gasteiger partial charge in [0, 0.05) is 17.6 Å². The van der Waals surface area contributed by atoms with Gasteiger partial charge in [-0.25, -0.2) is 0 Å². The Hall–Kier alpha value is -2.80. The Balaban J connectivity index is 1.47. The van der Waals surface area contributed by atoms with E-state index < -0.39 is 16.4 Å². The van der Waals surface area contributed by atoms with Gasteiger partial charge in [0.15, 0.2) is 14.1 Å². The predicted octanol–water partition coefficient (Wildman–Crippen LogP) is 10.7. The molecule has 0 heterocycles. The largest absolute Gasteiger partial charge is 0.417 e. The molecule has 3 aliphatic carbocycles. The van der Waals surface area contributed by atoms with Gasteiger partial charge in [0.1, 0.15) is 8.07 Å². The fourth-order valence-electron chi connectivity index (χ4n) is 9.36. The van der Waals surface area contributed by atoms with E-state index in [9.17, 15) is 0 Å². The zero-order valence-corrected chi connectivity index (χ0v) is 32.2. The number of carbonyl (C=O) groups is 1. The molecule has 0 unspecified atom stereocenters. The van der Waals surface area contributed by atoms with Crippen LogP contribution >= 0.6 is 0 Å². The van der Waals surface area contributed by atoms with Crippen LogP contribution in [0.4, 0.5) is 0 Å². The third-order valence-corrected chi connectivity index (χ3v) is 23.8. The highest BCUT2D eigenvalue weighted by molar-refractivity contribution is 7.04. The van der Waals surface area contributed by atoms with E-state index in [2.05, 4.69) is 158 Å². The molecule has 4 aromatic rings. The van der Waals surface area contributed by atoms with Gasteiger partial charge in [-0.15, -0.1) is 0 Å². The number of benzene rings is 4. The Kier molecular flexibility index (Phi) is 8.89. The second kappa shape index (κ2) is 12.3. The number of ketones is 1. The second-order valence-electron chi connectivity index (χ2n) is 17.5. The molecule has 47 heavy (non-hydrogen) atoms. The summed E-state index contributed by atoms with van der Waals surface area (Å²) in [5.74, 6) is 1.01. The van der Waals surface area contributed by atoms with E-state index in [0.29, 0.717) is 11.7 Å². The van der Waals surface area contributed by atoms with Crippen molar-refractivity contribution in [1.82, 2.24) is 0 Å². The Morgan fingerprint density at radius 1 is 0.723 bits per heavy atom. The Morgan fingerprint density at radius 3 is 1.83 bits per heavy atom. The number of carbonyl (C=O) groups excluding carboxylic acids is 1. The first kappa shape index (κ1) is 34.1. The van der Waals surface area contributed by atoms with Crippen LogP contribution in [0.1, 0.15) is 84.0 Å². The zero-order valence-electron chi connectivity index (χ0n) is 30.2. The Labute approximate surface area is 286 Å². The van der Waals surface area contributed by atoms with Crippen molar-refractivity contribution in [2.75, 3.05) is 6.61 Å². The molecule has 3 fully saturated rings. The van der Waals surface area contributed by atoms with Crippen LogP contribution in [-0.4, -0.2) is 28.8 Å². The lowest BCUT2D eigenvalue weighted by Crippen LogP contribution is -2.67. The van der Waals surface area contributed by atoms with Crippen molar-refractivity contribution in [3.05, 3.63) is 109 Å². The summed E-state index contributed by atoms with van der Waals surface area (Å²) in [7, 11) is -4.32. The summed E-state index contributed by atoms with van der Waals surface area (Å²) in [5.41, 5.74) is 0.486. The SMILES string of the molecule is CC(C)(C)[Si](C)(C)OCCC[C@@]1(C[Si](c2ccccc2)(c2ccccc2)C(C)(C)C)CC2CC1(C(=O)c1ccc3ccccc3c1)C2. The first-order valence-corrected chi connectivity index (χ1v) is 23.0. The standard InChI is InChI=1S/C43H56O2Si2/c1-40(2,3)46(7,8)45-27-17-26-42(32-47(41(4,5)6,37-20-11-9-12-21-37)38-22-13-10-14-23-38)29-33-30-43(42,31-33)39(44)36-25-24-34-18-15-16-19-35(34)28-36/h9-16,18-25,28,33H,17,26-27,29-32H2,1-8H3/t33?,42-,43?/m0/s1. The minimum absolute atomic E-state index is 0.0422. The van der Waals surface area contributed by atoms with Crippen LogP contribution in [-0.2, 0) is 4.43 Å². The van der Waals surface area contributed by atoms with Crippen molar-refractivity contribution < 1.29 is 9.22 Å². The number of hydrogen-bond donors (Lipinski definition) is 0. The summed E-state index contributed by atoms with van der Waals surface area (Å²) < 4.78 is 6.81. The van der Waals surface area contributed by atoms with Gasteiger partial charge in [0.25, 0.3) is 0 Å². The highest BCUT2D eigenvalue weighted by atomic mass is 28.4. The summed E-state index contributed by atoms with van der Waals surface area (Å²) >= 11 is 0. The maximum absolute atomic E-state index is 15.2. The van der Waals surface area contributed by atoms with Gasteiger partial charge in [-0.1, -0.05) is 149 Å². The topological polar surface area (TPSA) is 26.3 Å². The molecule has 2 nitrogen and oxygen atoms in total. The quantitative estimate of drug-likeness (QED) is 0.0909. The zero-order chi connectivity index (χ0) is 33.7. The lowest BCUT2D eigenvalue weighted by Gasteiger charge is -2.54. The van der Waals surface area contributed by atoms with Gasteiger partial charge in [-0.3, -0.25) is 4.79 Å². The summed E-state index contributed by atoms with van der Waals surface area (Å²) in [5, 5.41) is 5.56. The molecule has 0 amide bonds. The lowest BCUT2D eigenvalue weighted by atomic mass is 9.56. The van der Waals surface area contributed by atoms with Gasteiger partial charge in [-0.05, 0) is 89.5 Å². The average Bonchev–Trinajstić information content (AvgIpc) is 3.51. The lowest BCUT2D eigenvalue weighted by molar-refractivity contribution is 0.0291. The van der Waals surface area contributed by atoms with Crippen molar-refractivity contribution in [3.8, 4) is 0 Å². The summed E-state index contributed by atoms with van der Waals surface area (Å²) in [6, 6.07) is 38.8. The Bertz CT molecular complexity index is 1670. The highest BCUT2D eigenvalue weighted by Crippen LogP contribution is 2.74. The molecule has 0 N–H and O–H groups in total. The van der Waals surface area contributed by atoms with Crippen LogP contribution in [0.2, 0.25) is 29.2 Å². The monoisotopic (exact) mass is 660 g/mol. The van der Waals surface area contributed by atoms with E-state index in [1.54, 1.807) is 0 Å². The van der Waals surface area contributed by atoms with E-state index in [0.717, 1.165) is 55.7 Å². The highest BCUT2D eigenvalue weighted by Gasteiger charge is 2.71. The van der Waals surface area contributed by atoms with Crippen molar-refractivity contribution >= 4 is 43.3 Å². The van der Waals surface area contributed by atoms with Crippen LogP contribution in [0.5, 0.6) is 0 Å². The predicted molar refractivity (Wildman–Crippen MR) is 205 cm³/mol. The third-order valence-electron chi connectivity index (χ3n) is 12.9. The maximum atomic E-state index is 15.2. The van der Waals surface area contributed by atoms with Gasteiger partial charge in [0.2, 0.25) is 0 Å². The van der Waals surface area contributed by atoms with Crippen molar-refractivity contribution in [3.63, 3.8) is 0 Å². The molecule has 0 saturated heterocycles. The molecule has 7 rings (SSSR count). The summed E-state index contributed by atoms with van der Waals surface area (Å²) in [6.45, 7) is 19.9. The van der Waals surface area contributed by atoms with E-state index >= 15 is 4.79 Å². The van der Waals surface area contributed by atoms with Crippen molar-refractivity contribution in [2.45, 2.75) is 103 Å². The van der Waals surface area contributed by atoms with Crippen LogP contribution in [0, 0.1) is 16.7 Å². The normalized spacial score (nSPS) is 23.1.